The van der Waals surface area contributed by atoms with E-state index in [9.17, 15) is 9.59 Å². The van der Waals surface area contributed by atoms with E-state index >= 15 is 0 Å². The van der Waals surface area contributed by atoms with Gasteiger partial charge in [0.05, 0.1) is 10.7 Å². The summed E-state index contributed by atoms with van der Waals surface area (Å²) in [6, 6.07) is 3.08. The number of carbonyl (C=O) groups is 1. The second-order valence-electron chi connectivity index (χ2n) is 3.67. The van der Waals surface area contributed by atoms with Gasteiger partial charge in [-0.15, -0.1) is 12.6 Å². The van der Waals surface area contributed by atoms with Crippen LogP contribution in [-0.4, -0.2) is 24.9 Å². The van der Waals surface area contributed by atoms with E-state index in [0.717, 1.165) is 9.36 Å². The summed E-state index contributed by atoms with van der Waals surface area (Å²) in [5.74, 6) is 0. The zero-order valence-electron chi connectivity index (χ0n) is 9.59. The Labute approximate surface area is 113 Å². The van der Waals surface area contributed by atoms with Crippen LogP contribution < -0.4 is 5.69 Å². The maximum Gasteiger partial charge on any atom is 0.368 e. The molecule has 0 aliphatic rings. The average Bonchev–Trinajstić information content (AvgIpc) is 2.61. The van der Waals surface area contributed by atoms with Crippen LogP contribution in [0.4, 0.5) is 0 Å². The summed E-state index contributed by atoms with van der Waals surface area (Å²) < 4.78 is 2.13. The highest BCUT2D eigenvalue weighted by molar-refractivity contribution is 7.97. The molecule has 8 heteroatoms. The molecule has 0 saturated heterocycles. The summed E-state index contributed by atoms with van der Waals surface area (Å²) in [4.78, 5) is 23.1. The van der Waals surface area contributed by atoms with Crippen molar-refractivity contribution in [2.24, 2.45) is 7.05 Å². The number of halogens is 1. The minimum absolute atomic E-state index is 0.313. The highest BCUT2D eigenvalue weighted by Gasteiger charge is 2.17. The molecule has 0 saturated carbocycles. The quantitative estimate of drug-likeness (QED) is 0.835. The number of carbonyl (C=O) groups excluding carboxylic acids is 1. The predicted octanol–water partition coefficient (Wildman–Crippen LogP) is 0.998. The van der Waals surface area contributed by atoms with Gasteiger partial charge in [-0.05, 0) is 35.0 Å². The Morgan fingerprint density at radius 1 is 1.39 bits per heavy atom. The van der Waals surface area contributed by atoms with Crippen molar-refractivity contribution in [2.45, 2.75) is 6.92 Å². The molecule has 2 aromatic rings. The molecule has 0 amide bonds. The molecule has 18 heavy (non-hydrogen) atoms. The summed E-state index contributed by atoms with van der Waals surface area (Å²) in [7, 11) is 1.47. The van der Waals surface area contributed by atoms with Crippen molar-refractivity contribution in [3.8, 4) is 5.69 Å². The van der Waals surface area contributed by atoms with Crippen molar-refractivity contribution >= 4 is 29.3 Å². The molecular formula is C10H9ClN4O2S. The lowest BCUT2D eigenvalue weighted by Crippen LogP contribution is -2.23. The molecular weight excluding hydrogens is 276 g/mol. The van der Waals surface area contributed by atoms with Gasteiger partial charge in [-0.1, -0.05) is 11.6 Å². The van der Waals surface area contributed by atoms with Gasteiger partial charge in [-0.3, -0.25) is 4.79 Å². The Morgan fingerprint density at radius 2 is 2.06 bits per heavy atom. The molecule has 94 valence electrons. The molecule has 0 unspecified atom stereocenters. The van der Waals surface area contributed by atoms with E-state index in [-0.39, 0.29) is 0 Å². The largest absolute Gasteiger partial charge is 0.368 e. The first-order valence-electron chi connectivity index (χ1n) is 4.95. The number of aromatic nitrogens is 4. The highest BCUT2D eigenvalue weighted by atomic mass is 35.5. The van der Waals surface area contributed by atoms with Crippen molar-refractivity contribution in [1.82, 2.24) is 19.8 Å². The van der Waals surface area contributed by atoms with Crippen molar-refractivity contribution in [3.05, 3.63) is 38.8 Å². The topological polar surface area (TPSA) is 69.8 Å². The van der Waals surface area contributed by atoms with Crippen molar-refractivity contribution in [1.29, 1.82) is 0 Å². The zero-order chi connectivity index (χ0) is 13.4. The van der Waals surface area contributed by atoms with Crippen LogP contribution >= 0.6 is 24.2 Å². The zero-order valence-corrected chi connectivity index (χ0v) is 11.2. The van der Waals surface area contributed by atoms with Gasteiger partial charge in [0.2, 0.25) is 5.12 Å². The minimum Gasteiger partial charge on any atom is -0.282 e. The fraction of sp³-hybridized carbons (Fsp3) is 0.200. The Morgan fingerprint density at radius 3 is 2.56 bits per heavy atom. The summed E-state index contributed by atoms with van der Waals surface area (Å²) in [6.07, 6.45) is 0. The molecule has 0 N–H and O–H groups in total. The van der Waals surface area contributed by atoms with Crippen molar-refractivity contribution in [2.75, 3.05) is 0 Å². The first-order valence-corrected chi connectivity index (χ1v) is 5.77. The fourth-order valence-electron chi connectivity index (χ4n) is 1.61. The van der Waals surface area contributed by atoms with E-state index in [0.29, 0.717) is 21.8 Å². The SMILES string of the molecule is Cc1c(C(=O)S)ccc(Cl)c1-n1nnn(C)c1=O. The number of thiol groups is 1. The molecule has 0 atom stereocenters. The van der Waals surface area contributed by atoms with Gasteiger partial charge in [0.15, 0.2) is 0 Å². The predicted molar refractivity (Wildman–Crippen MR) is 69.7 cm³/mol. The van der Waals surface area contributed by atoms with Crippen molar-refractivity contribution in [3.63, 3.8) is 0 Å². The van der Waals surface area contributed by atoms with Gasteiger partial charge in [-0.25, -0.2) is 4.79 Å². The lowest BCUT2D eigenvalue weighted by Gasteiger charge is -2.09. The molecule has 1 aromatic carbocycles. The molecule has 6 nitrogen and oxygen atoms in total. The molecule has 0 radical (unpaired) electrons. The average molecular weight is 285 g/mol. The number of benzene rings is 1. The van der Waals surface area contributed by atoms with E-state index in [1.54, 1.807) is 13.0 Å². The van der Waals surface area contributed by atoms with Crippen LogP contribution in [-0.2, 0) is 7.05 Å². The van der Waals surface area contributed by atoms with Crippen LogP contribution in [0, 0.1) is 6.92 Å². The summed E-state index contributed by atoms with van der Waals surface area (Å²) in [6.45, 7) is 1.67. The molecule has 0 spiro atoms. The lowest BCUT2D eigenvalue weighted by atomic mass is 10.1. The summed E-state index contributed by atoms with van der Waals surface area (Å²) in [5.41, 5.74) is 0.804. The number of hydrogen-bond acceptors (Lipinski definition) is 4. The van der Waals surface area contributed by atoms with Gasteiger partial charge in [-0.2, -0.15) is 9.36 Å². The maximum absolute atomic E-state index is 11.8. The molecule has 2 rings (SSSR count). The molecule has 1 aromatic heterocycles. The van der Waals surface area contributed by atoms with Crippen LogP contribution in [0.25, 0.3) is 5.69 Å². The standard InChI is InChI=1S/C10H9ClN4O2S/c1-5-6(9(16)18)3-4-7(11)8(5)15-10(17)14(2)12-13-15/h3-4H,1-2H3,(H,16,18). The van der Waals surface area contributed by atoms with E-state index in [2.05, 4.69) is 23.1 Å². The van der Waals surface area contributed by atoms with Gasteiger partial charge in [0, 0.05) is 12.6 Å². The summed E-state index contributed by atoms with van der Waals surface area (Å²) >= 11 is 9.82. The minimum atomic E-state index is -0.441. The van der Waals surface area contributed by atoms with Gasteiger partial charge >= 0.3 is 5.69 Å². The first-order chi connectivity index (χ1) is 8.43. The normalized spacial score (nSPS) is 10.7. The second kappa shape index (κ2) is 4.58. The van der Waals surface area contributed by atoms with E-state index in [1.165, 1.54) is 13.1 Å². The van der Waals surface area contributed by atoms with Gasteiger partial charge in [0.1, 0.15) is 0 Å². The number of rotatable bonds is 2. The van der Waals surface area contributed by atoms with Crippen LogP contribution in [0.1, 0.15) is 15.9 Å². The highest BCUT2D eigenvalue weighted by Crippen LogP contribution is 2.26. The van der Waals surface area contributed by atoms with Gasteiger partial charge in [0.25, 0.3) is 0 Å². The Kier molecular flexibility index (Phi) is 3.27. The molecule has 0 aliphatic heterocycles. The van der Waals surface area contributed by atoms with E-state index in [1.807, 2.05) is 0 Å². The fourth-order valence-corrected chi connectivity index (χ4v) is 2.14. The first kappa shape index (κ1) is 12.8. The van der Waals surface area contributed by atoms with Crippen LogP contribution in [0.5, 0.6) is 0 Å². The molecule has 0 fully saturated rings. The number of nitrogens with zero attached hydrogens (tertiary/aromatic N) is 4. The van der Waals surface area contributed by atoms with Crippen LogP contribution in [0.15, 0.2) is 16.9 Å². The Bertz CT molecular complexity index is 692. The molecule has 0 aliphatic carbocycles. The maximum atomic E-state index is 11.8. The smallest absolute Gasteiger partial charge is 0.282 e. The third kappa shape index (κ3) is 1.95. The van der Waals surface area contributed by atoms with Gasteiger partial charge < -0.3 is 0 Å². The van der Waals surface area contributed by atoms with Crippen LogP contribution in [0.3, 0.4) is 0 Å². The number of tetrazole rings is 1. The summed E-state index contributed by atoms with van der Waals surface area (Å²) in [5, 5.41) is 7.22. The lowest BCUT2D eigenvalue weighted by molar-refractivity contribution is 0.109. The van der Waals surface area contributed by atoms with E-state index < -0.39 is 10.8 Å². The van der Waals surface area contributed by atoms with Crippen LogP contribution in [0.2, 0.25) is 5.02 Å². The number of hydrogen-bond donors (Lipinski definition) is 1. The third-order valence-corrected chi connectivity index (χ3v) is 3.09. The second-order valence-corrected chi connectivity index (χ2v) is 4.48. The monoisotopic (exact) mass is 284 g/mol. The van der Waals surface area contributed by atoms with E-state index in [4.69, 9.17) is 11.6 Å². The van der Waals surface area contributed by atoms with Crippen molar-refractivity contribution < 1.29 is 4.79 Å². The molecule has 0 bridgehead atoms. The molecule has 1 heterocycles. The third-order valence-electron chi connectivity index (χ3n) is 2.55. The number of aryl methyl sites for hydroxylation is 1. The Hall–Kier alpha value is -1.60. The Balaban J connectivity index is 2.79.